The highest BCUT2D eigenvalue weighted by atomic mass is 16.7. The van der Waals surface area contributed by atoms with Crippen LogP contribution in [0.4, 0.5) is 0 Å². The Morgan fingerprint density at radius 3 is 1.83 bits per heavy atom. The second kappa shape index (κ2) is 13.7. The Balaban J connectivity index is 2.35. The van der Waals surface area contributed by atoms with Crippen molar-refractivity contribution in [1.82, 2.24) is 0 Å². The number of benzene rings is 1. The molecule has 0 spiro atoms. The van der Waals surface area contributed by atoms with Gasteiger partial charge in [0, 0.05) is 20.0 Å². The predicted octanol–water partition coefficient (Wildman–Crippen LogP) is 1.14. The minimum atomic E-state index is -1.43. The van der Waals surface area contributed by atoms with Gasteiger partial charge in [0.2, 0.25) is 0 Å². The summed E-state index contributed by atoms with van der Waals surface area (Å²) in [7, 11) is 1.25. The van der Waals surface area contributed by atoms with Gasteiger partial charge in [-0.1, -0.05) is 18.2 Å². The molecule has 1 aliphatic heterocycles. The summed E-state index contributed by atoms with van der Waals surface area (Å²) in [6.45, 7) is 1.99. The SMILES string of the molecule is CO[C@H]1O[C@H](CO)[C@@H](OC(=O)c2ccccc2)[C@H](OC(=O)CCC(C)=O)[C@@H]1OC(=O)CCC(C)=O. The molecule has 1 saturated heterocycles. The zero-order valence-corrected chi connectivity index (χ0v) is 19.8. The van der Waals surface area contributed by atoms with Crippen LogP contribution in [0.15, 0.2) is 30.3 Å². The number of aliphatic hydroxyl groups excluding tert-OH is 1. The molecule has 0 bridgehead atoms. The van der Waals surface area contributed by atoms with Gasteiger partial charge in [0.05, 0.1) is 25.0 Å². The van der Waals surface area contributed by atoms with Gasteiger partial charge in [-0.3, -0.25) is 9.59 Å². The van der Waals surface area contributed by atoms with Crippen LogP contribution in [-0.4, -0.2) is 79.0 Å². The van der Waals surface area contributed by atoms with Crippen LogP contribution in [0.1, 0.15) is 49.9 Å². The van der Waals surface area contributed by atoms with E-state index in [9.17, 15) is 29.1 Å². The highest BCUT2D eigenvalue weighted by Gasteiger charge is 2.52. The molecule has 11 heteroatoms. The number of aliphatic hydroxyl groups is 1. The molecule has 0 unspecified atom stereocenters. The quantitative estimate of drug-likeness (QED) is 0.329. The molecule has 1 aromatic rings. The predicted molar refractivity (Wildman–Crippen MR) is 118 cm³/mol. The number of hydrogen-bond donors (Lipinski definition) is 1. The third-order valence-electron chi connectivity index (χ3n) is 5.15. The Morgan fingerprint density at radius 1 is 0.800 bits per heavy atom. The average Bonchev–Trinajstić information content (AvgIpc) is 2.83. The number of ether oxygens (including phenoxy) is 5. The Labute approximate surface area is 202 Å². The molecule has 1 fully saturated rings. The van der Waals surface area contributed by atoms with Crippen LogP contribution >= 0.6 is 0 Å². The first kappa shape index (κ1) is 28.1. The van der Waals surface area contributed by atoms with Crippen molar-refractivity contribution in [1.29, 1.82) is 0 Å². The lowest BCUT2D eigenvalue weighted by Gasteiger charge is -2.43. The molecule has 1 heterocycles. The summed E-state index contributed by atoms with van der Waals surface area (Å²) in [4.78, 5) is 60.2. The summed E-state index contributed by atoms with van der Waals surface area (Å²) in [5.41, 5.74) is 0.190. The van der Waals surface area contributed by atoms with E-state index in [0.717, 1.165) is 0 Å². The first-order valence-electron chi connectivity index (χ1n) is 11.1. The van der Waals surface area contributed by atoms with Gasteiger partial charge in [-0.25, -0.2) is 4.79 Å². The van der Waals surface area contributed by atoms with Crippen molar-refractivity contribution in [2.24, 2.45) is 0 Å². The van der Waals surface area contributed by atoms with Gasteiger partial charge in [-0.2, -0.15) is 0 Å². The zero-order chi connectivity index (χ0) is 26.0. The lowest BCUT2D eigenvalue weighted by Crippen LogP contribution is -2.62. The highest BCUT2D eigenvalue weighted by Crippen LogP contribution is 2.30. The van der Waals surface area contributed by atoms with Crippen LogP contribution in [0.3, 0.4) is 0 Å². The number of rotatable bonds is 12. The Bertz CT molecular complexity index is 898. The standard InChI is InChI=1S/C24H30O11/c1-14(26)9-11-18(28)33-21-20(35-23(30)16-7-5-4-6-8-16)17(13-25)32-24(31-3)22(21)34-19(29)12-10-15(2)27/h4-8,17,20-22,24-25H,9-13H2,1-3H3/t17-,20-,21+,22+,24+/m1/s1. The molecule has 1 N–H and O–H groups in total. The van der Waals surface area contributed by atoms with Gasteiger partial charge < -0.3 is 38.4 Å². The summed E-state index contributed by atoms with van der Waals surface area (Å²) >= 11 is 0. The van der Waals surface area contributed by atoms with E-state index in [1.807, 2.05) is 0 Å². The van der Waals surface area contributed by atoms with Crippen LogP contribution < -0.4 is 0 Å². The van der Waals surface area contributed by atoms with Gasteiger partial charge >= 0.3 is 17.9 Å². The number of carbonyl (C=O) groups is 5. The number of esters is 3. The zero-order valence-electron chi connectivity index (χ0n) is 19.8. The van der Waals surface area contributed by atoms with Crippen LogP contribution in [-0.2, 0) is 42.9 Å². The largest absolute Gasteiger partial charge is 0.454 e. The molecule has 5 atom stereocenters. The number of hydrogen-bond acceptors (Lipinski definition) is 11. The molecule has 192 valence electrons. The van der Waals surface area contributed by atoms with E-state index >= 15 is 0 Å². The van der Waals surface area contributed by atoms with Crippen LogP contribution in [0.5, 0.6) is 0 Å². The Kier molecular flexibility index (Phi) is 11.0. The number of ketones is 2. The maximum Gasteiger partial charge on any atom is 0.338 e. The molecule has 0 amide bonds. The number of methoxy groups -OCH3 is 1. The molecule has 0 aliphatic carbocycles. The van der Waals surface area contributed by atoms with Crippen LogP contribution in [0, 0.1) is 0 Å². The summed E-state index contributed by atoms with van der Waals surface area (Å²) in [5, 5.41) is 9.90. The van der Waals surface area contributed by atoms with Gasteiger partial charge in [0.15, 0.2) is 24.6 Å². The highest BCUT2D eigenvalue weighted by molar-refractivity contribution is 5.89. The van der Waals surface area contributed by atoms with Crippen molar-refractivity contribution in [3.8, 4) is 0 Å². The maximum absolute atomic E-state index is 12.8. The molecular weight excluding hydrogens is 464 g/mol. The minimum absolute atomic E-state index is 0.0706. The lowest BCUT2D eigenvalue weighted by atomic mass is 9.98. The van der Waals surface area contributed by atoms with Crippen molar-refractivity contribution in [3.63, 3.8) is 0 Å². The molecule has 2 rings (SSSR count). The van der Waals surface area contributed by atoms with Crippen molar-refractivity contribution in [2.75, 3.05) is 13.7 Å². The molecular formula is C24H30O11. The summed E-state index contributed by atoms with van der Waals surface area (Å²) in [6, 6.07) is 7.96. The van der Waals surface area contributed by atoms with Gasteiger partial charge in [-0.15, -0.1) is 0 Å². The number of carbonyl (C=O) groups excluding carboxylic acids is 5. The molecule has 35 heavy (non-hydrogen) atoms. The van der Waals surface area contributed by atoms with E-state index in [1.165, 1.54) is 33.1 Å². The minimum Gasteiger partial charge on any atom is -0.454 e. The number of Topliss-reactive ketones (excluding diaryl/α,β-unsaturated/α-hetero) is 2. The fourth-order valence-electron chi connectivity index (χ4n) is 3.36. The maximum atomic E-state index is 12.8. The second-order valence-corrected chi connectivity index (χ2v) is 8.01. The van der Waals surface area contributed by atoms with E-state index in [2.05, 4.69) is 0 Å². The molecule has 11 nitrogen and oxygen atoms in total. The van der Waals surface area contributed by atoms with Crippen molar-refractivity contribution in [3.05, 3.63) is 35.9 Å². The van der Waals surface area contributed by atoms with E-state index < -0.39 is 55.2 Å². The monoisotopic (exact) mass is 494 g/mol. The first-order valence-corrected chi connectivity index (χ1v) is 11.1. The topological polar surface area (TPSA) is 152 Å². The smallest absolute Gasteiger partial charge is 0.338 e. The van der Waals surface area contributed by atoms with Crippen molar-refractivity contribution in [2.45, 2.75) is 70.2 Å². The fraction of sp³-hybridized carbons (Fsp3) is 0.542. The molecule has 0 aromatic heterocycles. The van der Waals surface area contributed by atoms with Crippen molar-refractivity contribution >= 4 is 29.5 Å². The first-order chi connectivity index (χ1) is 16.7. The van der Waals surface area contributed by atoms with Crippen LogP contribution in [0.2, 0.25) is 0 Å². The summed E-state index contributed by atoms with van der Waals surface area (Å²) in [5.74, 6) is -2.87. The fourth-order valence-corrected chi connectivity index (χ4v) is 3.36. The van der Waals surface area contributed by atoms with E-state index in [1.54, 1.807) is 18.2 Å². The normalized spacial score (nSPS) is 23.7. The summed E-state index contributed by atoms with van der Waals surface area (Å²) in [6.07, 6.45) is -7.35. The third kappa shape index (κ3) is 8.53. The lowest BCUT2D eigenvalue weighted by molar-refractivity contribution is -0.299. The Hall–Kier alpha value is -3.15. The van der Waals surface area contributed by atoms with Gasteiger partial charge in [0.25, 0.3) is 0 Å². The van der Waals surface area contributed by atoms with Crippen molar-refractivity contribution < 1.29 is 52.8 Å². The summed E-state index contributed by atoms with van der Waals surface area (Å²) < 4.78 is 27.4. The van der Waals surface area contributed by atoms with E-state index in [-0.39, 0.29) is 42.8 Å². The van der Waals surface area contributed by atoms with E-state index in [4.69, 9.17) is 23.7 Å². The second-order valence-electron chi connectivity index (χ2n) is 8.01. The Morgan fingerprint density at radius 2 is 1.34 bits per heavy atom. The average molecular weight is 494 g/mol. The van der Waals surface area contributed by atoms with Gasteiger partial charge in [-0.05, 0) is 26.0 Å². The van der Waals surface area contributed by atoms with Gasteiger partial charge in [0.1, 0.15) is 17.7 Å². The van der Waals surface area contributed by atoms with E-state index in [0.29, 0.717) is 0 Å². The molecule has 1 aromatic carbocycles. The third-order valence-corrected chi connectivity index (χ3v) is 5.15. The molecule has 1 aliphatic rings. The van der Waals surface area contributed by atoms with Crippen LogP contribution in [0.25, 0.3) is 0 Å². The molecule has 0 radical (unpaired) electrons. The molecule has 0 saturated carbocycles.